The van der Waals surface area contributed by atoms with Crippen LogP contribution >= 0.6 is 0 Å². The average molecular weight is 248 g/mol. The summed E-state index contributed by atoms with van der Waals surface area (Å²) in [6.45, 7) is 1.49. The van der Waals surface area contributed by atoms with Gasteiger partial charge in [-0.15, -0.1) is 0 Å². The van der Waals surface area contributed by atoms with Gasteiger partial charge in [0.15, 0.2) is 0 Å². The Morgan fingerprint density at radius 3 is 2.72 bits per heavy atom. The van der Waals surface area contributed by atoms with E-state index < -0.39 is 17.2 Å². The van der Waals surface area contributed by atoms with Gasteiger partial charge >= 0.3 is 5.97 Å². The number of carboxylic acid groups (broad SMARTS) is 1. The summed E-state index contributed by atoms with van der Waals surface area (Å²) in [4.78, 5) is 29.4. The molecule has 2 aromatic heterocycles. The maximum atomic E-state index is 12.7. The molecule has 0 radical (unpaired) electrons. The van der Waals surface area contributed by atoms with E-state index in [0.29, 0.717) is 0 Å². The van der Waals surface area contributed by atoms with Crippen molar-refractivity contribution >= 4 is 5.97 Å². The molecule has 18 heavy (non-hydrogen) atoms. The van der Waals surface area contributed by atoms with Gasteiger partial charge in [-0.05, 0) is 19.1 Å². The van der Waals surface area contributed by atoms with Crippen molar-refractivity contribution in [3.63, 3.8) is 0 Å². The van der Waals surface area contributed by atoms with Crippen molar-refractivity contribution < 1.29 is 14.3 Å². The highest BCUT2D eigenvalue weighted by Crippen LogP contribution is 2.13. The maximum Gasteiger partial charge on any atom is 0.341 e. The lowest BCUT2D eigenvalue weighted by Crippen LogP contribution is -2.19. The van der Waals surface area contributed by atoms with Gasteiger partial charge in [0.2, 0.25) is 5.43 Å². The van der Waals surface area contributed by atoms with Crippen LogP contribution in [0.3, 0.4) is 0 Å². The molecule has 5 nitrogen and oxygen atoms in total. The molecule has 6 heteroatoms. The van der Waals surface area contributed by atoms with Gasteiger partial charge in [-0.3, -0.25) is 9.78 Å². The topological polar surface area (TPSA) is 83.0 Å². The van der Waals surface area contributed by atoms with E-state index in [9.17, 15) is 14.0 Å². The first-order chi connectivity index (χ1) is 8.50. The third-order valence-corrected chi connectivity index (χ3v) is 2.50. The number of nitrogens with zero attached hydrogens (tertiary/aromatic N) is 1. The van der Waals surface area contributed by atoms with Crippen LogP contribution in [0.5, 0.6) is 0 Å². The highest BCUT2D eigenvalue weighted by Gasteiger charge is 2.16. The fraction of sp³-hybridized carbons (Fsp3) is 0.0833. The van der Waals surface area contributed by atoms with E-state index >= 15 is 0 Å². The van der Waals surface area contributed by atoms with Crippen molar-refractivity contribution in [1.82, 2.24) is 9.97 Å². The lowest BCUT2D eigenvalue weighted by Gasteiger charge is -2.04. The molecule has 0 fully saturated rings. The van der Waals surface area contributed by atoms with Crippen LogP contribution in [0.1, 0.15) is 16.1 Å². The van der Waals surface area contributed by atoms with E-state index in [2.05, 4.69) is 9.97 Å². The number of carbonyl (C=O) groups is 1. The molecule has 0 saturated heterocycles. The summed E-state index contributed by atoms with van der Waals surface area (Å²) in [6.07, 6.45) is 2.33. The van der Waals surface area contributed by atoms with Crippen LogP contribution in [-0.2, 0) is 0 Å². The van der Waals surface area contributed by atoms with Crippen molar-refractivity contribution in [2.24, 2.45) is 0 Å². The van der Waals surface area contributed by atoms with Crippen LogP contribution in [0.15, 0.2) is 29.3 Å². The first-order valence-electron chi connectivity index (χ1n) is 5.08. The molecule has 92 valence electrons. The Labute approximate surface area is 101 Å². The quantitative estimate of drug-likeness (QED) is 0.845. The molecule has 2 aromatic rings. The van der Waals surface area contributed by atoms with Crippen molar-refractivity contribution in [2.45, 2.75) is 6.92 Å². The number of hydrogen-bond donors (Lipinski definition) is 2. The van der Waals surface area contributed by atoms with Crippen molar-refractivity contribution in [3.8, 4) is 11.3 Å². The largest absolute Gasteiger partial charge is 0.477 e. The summed E-state index contributed by atoms with van der Waals surface area (Å²) in [5.74, 6) is -1.83. The second-order valence-electron chi connectivity index (χ2n) is 3.70. The lowest BCUT2D eigenvalue weighted by atomic mass is 10.1. The number of rotatable bonds is 2. The summed E-state index contributed by atoms with van der Waals surface area (Å²) < 4.78 is 12.7. The van der Waals surface area contributed by atoms with Gasteiger partial charge in [0.25, 0.3) is 0 Å². The number of aromatic amines is 1. The van der Waals surface area contributed by atoms with Gasteiger partial charge in [-0.2, -0.15) is 0 Å². The molecule has 0 aliphatic carbocycles. The number of aromatic nitrogens is 2. The molecule has 0 bridgehead atoms. The fourth-order valence-electron chi connectivity index (χ4n) is 1.61. The first-order valence-corrected chi connectivity index (χ1v) is 5.08. The van der Waals surface area contributed by atoms with E-state index in [1.54, 1.807) is 0 Å². The van der Waals surface area contributed by atoms with Gasteiger partial charge in [0.1, 0.15) is 11.4 Å². The predicted molar refractivity (Wildman–Crippen MR) is 61.9 cm³/mol. The predicted octanol–water partition coefficient (Wildman–Crippen LogP) is 1.58. The molecule has 0 atom stereocenters. The second-order valence-corrected chi connectivity index (χ2v) is 3.70. The zero-order valence-electron chi connectivity index (χ0n) is 9.40. The third kappa shape index (κ3) is 2.00. The van der Waals surface area contributed by atoms with E-state index in [-0.39, 0.29) is 22.5 Å². The van der Waals surface area contributed by atoms with Gasteiger partial charge in [-0.1, -0.05) is 0 Å². The highest BCUT2D eigenvalue weighted by molar-refractivity contribution is 5.90. The van der Waals surface area contributed by atoms with Crippen LogP contribution in [0, 0.1) is 12.7 Å². The SMILES string of the molecule is Cc1[nH]cc(-c2ccc(F)cn2)c(=O)c1C(=O)O. The number of hydrogen-bond acceptors (Lipinski definition) is 3. The van der Waals surface area contributed by atoms with Crippen molar-refractivity contribution in [2.75, 3.05) is 0 Å². The smallest absolute Gasteiger partial charge is 0.341 e. The van der Waals surface area contributed by atoms with E-state index in [4.69, 9.17) is 5.11 Å². The zero-order chi connectivity index (χ0) is 13.3. The minimum atomic E-state index is -1.31. The second kappa shape index (κ2) is 4.40. The molecule has 0 aliphatic heterocycles. The average Bonchev–Trinajstić information content (AvgIpc) is 2.30. The summed E-state index contributed by atoms with van der Waals surface area (Å²) in [6, 6.07) is 2.48. The maximum absolute atomic E-state index is 12.7. The van der Waals surface area contributed by atoms with Crippen LogP contribution < -0.4 is 5.43 Å². The zero-order valence-corrected chi connectivity index (χ0v) is 9.40. The Morgan fingerprint density at radius 2 is 2.17 bits per heavy atom. The van der Waals surface area contributed by atoms with Crippen molar-refractivity contribution in [1.29, 1.82) is 0 Å². The lowest BCUT2D eigenvalue weighted by molar-refractivity contribution is 0.0694. The summed E-state index contributed by atoms with van der Waals surface area (Å²) in [5, 5.41) is 8.96. The Bertz CT molecular complexity index is 662. The van der Waals surface area contributed by atoms with E-state index in [0.717, 1.165) is 12.3 Å². The molecule has 0 aromatic carbocycles. The van der Waals surface area contributed by atoms with E-state index in [1.807, 2.05) is 0 Å². The monoisotopic (exact) mass is 248 g/mol. The van der Waals surface area contributed by atoms with Crippen molar-refractivity contribution in [3.05, 3.63) is 51.8 Å². The Hall–Kier alpha value is -2.50. The number of pyridine rings is 2. The summed E-state index contributed by atoms with van der Waals surface area (Å²) in [7, 11) is 0. The van der Waals surface area contributed by atoms with Crippen LogP contribution in [0.25, 0.3) is 11.3 Å². The molecule has 0 amide bonds. The Balaban J connectivity index is 2.67. The molecule has 2 N–H and O–H groups in total. The molecule has 0 saturated carbocycles. The van der Waals surface area contributed by atoms with Gasteiger partial charge in [-0.25, -0.2) is 9.18 Å². The standard InChI is InChI=1S/C12H9FN2O3/c1-6-10(12(17)18)11(16)8(5-14-6)9-3-2-7(13)4-15-9/h2-5H,1H3,(H,14,16)(H,17,18). The molecular formula is C12H9FN2O3. The van der Waals surface area contributed by atoms with Crippen LogP contribution in [0.4, 0.5) is 4.39 Å². The van der Waals surface area contributed by atoms with E-state index in [1.165, 1.54) is 19.2 Å². The molecule has 2 rings (SSSR count). The number of nitrogens with one attached hydrogen (secondary N) is 1. The molecule has 0 aliphatic rings. The first kappa shape index (κ1) is 12.0. The Kier molecular flexibility index (Phi) is 2.93. The molecule has 0 spiro atoms. The Morgan fingerprint density at radius 1 is 1.44 bits per heavy atom. The van der Waals surface area contributed by atoms with Crippen LogP contribution in [-0.4, -0.2) is 21.0 Å². The number of carboxylic acids is 1. The minimum Gasteiger partial charge on any atom is -0.477 e. The van der Waals surface area contributed by atoms with Gasteiger partial charge in [0.05, 0.1) is 17.5 Å². The summed E-state index contributed by atoms with van der Waals surface area (Å²) >= 11 is 0. The molecule has 2 heterocycles. The normalized spacial score (nSPS) is 10.3. The third-order valence-electron chi connectivity index (χ3n) is 2.50. The van der Waals surface area contributed by atoms with Crippen LogP contribution in [0.2, 0.25) is 0 Å². The van der Waals surface area contributed by atoms with Gasteiger partial charge < -0.3 is 10.1 Å². The number of H-pyrrole nitrogens is 1. The number of halogens is 1. The number of aromatic carboxylic acids is 1. The number of aryl methyl sites for hydroxylation is 1. The molecular weight excluding hydrogens is 239 g/mol. The van der Waals surface area contributed by atoms with Gasteiger partial charge in [0, 0.05) is 11.9 Å². The summed E-state index contributed by atoms with van der Waals surface area (Å²) in [5.41, 5.74) is -0.395. The minimum absolute atomic E-state index is 0.0954. The highest BCUT2D eigenvalue weighted by atomic mass is 19.1. The fourth-order valence-corrected chi connectivity index (χ4v) is 1.61. The molecule has 0 unspecified atom stereocenters.